The lowest BCUT2D eigenvalue weighted by Crippen LogP contribution is -2.40. The Kier molecular flexibility index (Phi) is 13.3. The van der Waals surface area contributed by atoms with Crippen LogP contribution in [0.4, 0.5) is 0 Å². The first kappa shape index (κ1) is 21.9. The van der Waals surface area contributed by atoms with E-state index < -0.39 is 0 Å². The summed E-state index contributed by atoms with van der Waals surface area (Å²) in [6.45, 7) is 6.69. The summed E-state index contributed by atoms with van der Waals surface area (Å²) in [4.78, 5) is 9.11. The molecule has 0 amide bonds. The molecule has 2 N–H and O–H groups in total. The van der Waals surface area contributed by atoms with Gasteiger partial charge in [0, 0.05) is 26.2 Å². The van der Waals surface area contributed by atoms with Crippen LogP contribution >= 0.6 is 24.0 Å². The smallest absolute Gasteiger partial charge is 0.194 e. The molecule has 0 bridgehead atoms. The summed E-state index contributed by atoms with van der Waals surface area (Å²) >= 11 is 0. The highest BCUT2D eigenvalue weighted by Gasteiger charge is 2.22. The Labute approximate surface area is 153 Å². The van der Waals surface area contributed by atoms with Crippen molar-refractivity contribution in [1.29, 1.82) is 0 Å². The molecule has 0 aliphatic carbocycles. The molecule has 1 rings (SSSR count). The molecule has 0 radical (unpaired) electrons. The number of nitrogens with zero attached hydrogens (tertiary/aromatic N) is 3. The van der Waals surface area contributed by atoms with E-state index in [1.807, 2.05) is 0 Å². The number of guanidine groups is 1. The fourth-order valence-electron chi connectivity index (χ4n) is 2.62. The Bertz CT molecular complexity index is 300. The molecule has 0 aromatic heterocycles. The van der Waals surface area contributed by atoms with Crippen molar-refractivity contribution < 1.29 is 5.11 Å². The van der Waals surface area contributed by atoms with Crippen molar-refractivity contribution in [1.82, 2.24) is 15.1 Å². The first-order valence-corrected chi connectivity index (χ1v) is 8.49. The lowest BCUT2D eigenvalue weighted by atomic mass is 10.1. The van der Waals surface area contributed by atoms with Crippen LogP contribution in [0.3, 0.4) is 0 Å². The molecule has 1 aliphatic heterocycles. The number of β-amino-alcohol motifs (C(OH)–C–C–N with tert-alkyl or cyclic N) is 1. The number of aliphatic hydroxyl groups is 1. The van der Waals surface area contributed by atoms with E-state index in [1.54, 1.807) is 0 Å². The van der Waals surface area contributed by atoms with Gasteiger partial charge in [-0.3, -0.25) is 4.99 Å². The second-order valence-electron chi connectivity index (χ2n) is 6.20. The molecule has 5 nitrogen and oxygen atoms in total. The minimum atomic E-state index is -0.189. The van der Waals surface area contributed by atoms with E-state index in [-0.39, 0.29) is 30.1 Å². The van der Waals surface area contributed by atoms with E-state index in [1.165, 1.54) is 32.2 Å². The summed E-state index contributed by atoms with van der Waals surface area (Å²) < 4.78 is 0. The monoisotopic (exact) mass is 426 g/mol. The van der Waals surface area contributed by atoms with Gasteiger partial charge in [0.15, 0.2) is 5.96 Å². The van der Waals surface area contributed by atoms with Crippen molar-refractivity contribution in [3.8, 4) is 0 Å². The minimum absolute atomic E-state index is 0. The third kappa shape index (κ3) is 9.84. The quantitative estimate of drug-likeness (QED) is 0.257. The third-order valence-corrected chi connectivity index (χ3v) is 3.82. The minimum Gasteiger partial charge on any atom is -0.391 e. The highest BCUT2D eigenvalue weighted by atomic mass is 127. The molecule has 0 unspecified atom stereocenters. The number of hydrogen-bond donors (Lipinski definition) is 2. The predicted molar refractivity (Wildman–Crippen MR) is 105 cm³/mol. The van der Waals surface area contributed by atoms with E-state index in [0.29, 0.717) is 0 Å². The van der Waals surface area contributed by atoms with E-state index >= 15 is 0 Å². The first-order valence-electron chi connectivity index (χ1n) is 8.49. The molecule has 0 saturated carbocycles. The van der Waals surface area contributed by atoms with Crippen molar-refractivity contribution in [2.24, 2.45) is 4.99 Å². The SMILES string of the molecule is CCNC(=NCCCCCCCN(C)C)N1CC[C@@H](O)C1.I. The molecule has 0 spiro atoms. The normalized spacial score (nSPS) is 18.7. The summed E-state index contributed by atoms with van der Waals surface area (Å²) in [7, 11) is 4.26. The number of halogens is 1. The summed E-state index contributed by atoms with van der Waals surface area (Å²) in [5.74, 6) is 0.974. The molecule has 1 heterocycles. The second-order valence-corrected chi connectivity index (χ2v) is 6.20. The highest BCUT2D eigenvalue weighted by molar-refractivity contribution is 14.0. The van der Waals surface area contributed by atoms with Crippen LogP contribution in [0.5, 0.6) is 0 Å². The molecule has 6 heteroatoms. The Hall–Kier alpha value is -0.0800. The van der Waals surface area contributed by atoms with Crippen molar-refractivity contribution >= 4 is 29.9 Å². The van der Waals surface area contributed by atoms with Crippen molar-refractivity contribution in [2.45, 2.75) is 51.6 Å². The van der Waals surface area contributed by atoms with Gasteiger partial charge in [-0.2, -0.15) is 0 Å². The number of likely N-dealkylation sites (tertiary alicyclic amines) is 1. The maximum absolute atomic E-state index is 9.62. The lowest BCUT2D eigenvalue weighted by Gasteiger charge is -2.20. The van der Waals surface area contributed by atoms with Crippen LogP contribution in [0.1, 0.15) is 45.4 Å². The topological polar surface area (TPSA) is 51.1 Å². The zero-order chi connectivity index (χ0) is 15.5. The standard InChI is InChI=1S/C16H34N4O.HI/c1-4-17-16(20-13-10-15(21)14-20)18-11-8-6-5-7-9-12-19(2)3;/h15,21H,4-14H2,1-3H3,(H,17,18);1H/t15-;/m1./s1. The average molecular weight is 426 g/mol. The fourth-order valence-corrected chi connectivity index (χ4v) is 2.62. The van der Waals surface area contributed by atoms with Gasteiger partial charge in [0.05, 0.1) is 6.10 Å². The van der Waals surface area contributed by atoms with Gasteiger partial charge in [-0.1, -0.05) is 19.3 Å². The zero-order valence-corrected chi connectivity index (χ0v) is 16.9. The largest absolute Gasteiger partial charge is 0.391 e. The van der Waals surface area contributed by atoms with Crippen molar-refractivity contribution in [3.63, 3.8) is 0 Å². The molecule has 1 fully saturated rings. The summed E-state index contributed by atoms with van der Waals surface area (Å²) in [5.41, 5.74) is 0. The molecule has 22 heavy (non-hydrogen) atoms. The number of aliphatic hydroxyl groups excluding tert-OH is 1. The lowest BCUT2D eigenvalue weighted by molar-refractivity contribution is 0.188. The number of rotatable bonds is 9. The van der Waals surface area contributed by atoms with Gasteiger partial charge in [0.25, 0.3) is 0 Å². The second kappa shape index (κ2) is 13.4. The Balaban J connectivity index is 0.00000441. The van der Waals surface area contributed by atoms with Crippen LogP contribution in [0, 0.1) is 0 Å². The van der Waals surface area contributed by atoms with Gasteiger partial charge in [0.1, 0.15) is 0 Å². The zero-order valence-electron chi connectivity index (χ0n) is 14.6. The van der Waals surface area contributed by atoms with Crippen molar-refractivity contribution in [2.75, 3.05) is 46.8 Å². The highest BCUT2D eigenvalue weighted by Crippen LogP contribution is 2.09. The van der Waals surface area contributed by atoms with E-state index in [2.05, 4.69) is 41.1 Å². The van der Waals surface area contributed by atoms with Crippen LogP contribution in [-0.4, -0.2) is 73.8 Å². The maximum Gasteiger partial charge on any atom is 0.194 e. The third-order valence-electron chi connectivity index (χ3n) is 3.82. The van der Waals surface area contributed by atoms with E-state index in [4.69, 9.17) is 0 Å². The van der Waals surface area contributed by atoms with Crippen LogP contribution in [0.25, 0.3) is 0 Å². The summed E-state index contributed by atoms with van der Waals surface area (Å²) in [6.07, 6.45) is 7.01. The fraction of sp³-hybridized carbons (Fsp3) is 0.938. The Morgan fingerprint density at radius 2 is 1.91 bits per heavy atom. The molecule has 1 aliphatic rings. The van der Waals surface area contributed by atoms with Gasteiger partial charge in [-0.15, -0.1) is 24.0 Å². The van der Waals surface area contributed by atoms with Crippen LogP contribution in [0.2, 0.25) is 0 Å². The molecular formula is C16H35IN4O. The molecule has 1 atom stereocenters. The van der Waals surface area contributed by atoms with Gasteiger partial charge in [-0.25, -0.2) is 0 Å². The van der Waals surface area contributed by atoms with E-state index in [9.17, 15) is 5.11 Å². The maximum atomic E-state index is 9.62. The van der Waals surface area contributed by atoms with Crippen LogP contribution < -0.4 is 5.32 Å². The Morgan fingerprint density at radius 1 is 1.23 bits per heavy atom. The van der Waals surface area contributed by atoms with Crippen LogP contribution in [-0.2, 0) is 0 Å². The summed E-state index contributed by atoms with van der Waals surface area (Å²) in [5, 5.41) is 12.9. The predicted octanol–water partition coefficient (Wildman–Crippen LogP) is 2.15. The number of unbranched alkanes of at least 4 members (excludes halogenated alkanes) is 4. The van der Waals surface area contributed by atoms with Gasteiger partial charge >= 0.3 is 0 Å². The first-order chi connectivity index (χ1) is 10.1. The molecule has 0 aromatic rings. The van der Waals surface area contributed by atoms with E-state index in [0.717, 1.165) is 45.0 Å². The average Bonchev–Trinajstić information content (AvgIpc) is 2.86. The molecule has 0 aromatic carbocycles. The molecule has 1 saturated heterocycles. The number of aliphatic imine (C=N–C) groups is 1. The number of hydrogen-bond acceptors (Lipinski definition) is 3. The van der Waals surface area contributed by atoms with Crippen LogP contribution in [0.15, 0.2) is 4.99 Å². The van der Waals surface area contributed by atoms with Gasteiger partial charge in [-0.05, 0) is 46.8 Å². The number of nitrogens with one attached hydrogen (secondary N) is 1. The Morgan fingerprint density at radius 3 is 2.50 bits per heavy atom. The van der Waals surface area contributed by atoms with Crippen molar-refractivity contribution in [3.05, 3.63) is 0 Å². The molecular weight excluding hydrogens is 391 g/mol. The van der Waals surface area contributed by atoms with Gasteiger partial charge in [0.2, 0.25) is 0 Å². The summed E-state index contributed by atoms with van der Waals surface area (Å²) in [6, 6.07) is 0. The van der Waals surface area contributed by atoms with Gasteiger partial charge < -0.3 is 20.2 Å². The molecule has 132 valence electrons.